The van der Waals surface area contributed by atoms with E-state index in [1.54, 1.807) is 24.3 Å². The molecule has 0 spiro atoms. The molecule has 0 aliphatic carbocycles. The third kappa shape index (κ3) is 5.49. The highest BCUT2D eigenvalue weighted by Gasteiger charge is 2.08. The topological polar surface area (TPSA) is 129 Å². The van der Waals surface area contributed by atoms with E-state index in [0.717, 1.165) is 11.1 Å². The molecule has 2 aromatic carbocycles. The molecule has 9 nitrogen and oxygen atoms in total. The first-order valence-electron chi connectivity index (χ1n) is 8.37. The van der Waals surface area contributed by atoms with Crippen LogP contribution in [0.1, 0.15) is 16.8 Å². The number of hydrazone groups is 1. The van der Waals surface area contributed by atoms with Crippen LogP contribution in [0.4, 0.5) is 0 Å². The summed E-state index contributed by atoms with van der Waals surface area (Å²) in [5, 5.41) is 9.42. The van der Waals surface area contributed by atoms with Gasteiger partial charge in [0.15, 0.2) is 0 Å². The standard InChI is InChI=1S/C19H17N5O4/c25-17(10-16-18(26)21-19(27)24-22-16)23-20-11-13-6-8-15(9-7-13)28-12-14-4-2-1-3-5-14/h1-9,11H,10,12H2,(H,23,25)(H2,21,24,26,27)/b20-11+. The molecule has 1 aromatic heterocycles. The van der Waals surface area contributed by atoms with E-state index in [4.69, 9.17) is 4.74 Å². The number of nitrogens with zero attached hydrogens (tertiary/aromatic N) is 2. The number of nitrogens with one attached hydrogen (secondary N) is 3. The molecule has 0 unspecified atom stereocenters. The molecule has 1 amide bonds. The summed E-state index contributed by atoms with van der Waals surface area (Å²) in [6, 6.07) is 17.0. The van der Waals surface area contributed by atoms with Crippen molar-refractivity contribution in [3.8, 4) is 5.75 Å². The number of aromatic nitrogens is 3. The molecular formula is C19H17N5O4. The van der Waals surface area contributed by atoms with Crippen molar-refractivity contribution in [2.45, 2.75) is 13.0 Å². The van der Waals surface area contributed by atoms with Gasteiger partial charge in [0.1, 0.15) is 18.1 Å². The van der Waals surface area contributed by atoms with Gasteiger partial charge in [0.25, 0.3) is 5.56 Å². The lowest BCUT2D eigenvalue weighted by Gasteiger charge is -2.06. The zero-order valence-corrected chi connectivity index (χ0v) is 14.7. The smallest absolute Gasteiger partial charge is 0.342 e. The molecule has 3 rings (SSSR count). The second-order valence-electron chi connectivity index (χ2n) is 5.77. The molecule has 0 saturated heterocycles. The molecule has 0 fully saturated rings. The Morgan fingerprint density at radius 2 is 1.86 bits per heavy atom. The summed E-state index contributed by atoms with van der Waals surface area (Å²) in [5.74, 6) is 0.178. The molecule has 1 heterocycles. The van der Waals surface area contributed by atoms with Gasteiger partial charge in [-0.05, 0) is 35.4 Å². The van der Waals surface area contributed by atoms with Gasteiger partial charge in [-0.1, -0.05) is 30.3 Å². The zero-order valence-electron chi connectivity index (χ0n) is 14.7. The van der Waals surface area contributed by atoms with E-state index in [1.807, 2.05) is 35.3 Å². The van der Waals surface area contributed by atoms with Gasteiger partial charge >= 0.3 is 5.69 Å². The maximum Gasteiger partial charge on any atom is 0.342 e. The predicted molar refractivity (Wildman–Crippen MR) is 102 cm³/mol. The Kier molecular flexibility index (Phi) is 6.09. The summed E-state index contributed by atoms with van der Waals surface area (Å²) in [6.07, 6.45) is 1.15. The molecule has 9 heteroatoms. The van der Waals surface area contributed by atoms with Crippen LogP contribution in [0.25, 0.3) is 0 Å². The number of rotatable bonds is 7. The number of carbonyl (C=O) groups excluding carboxylic acids is 1. The second-order valence-corrected chi connectivity index (χ2v) is 5.77. The van der Waals surface area contributed by atoms with Crippen molar-refractivity contribution in [3.63, 3.8) is 0 Å². The maximum atomic E-state index is 11.8. The molecule has 142 valence electrons. The molecule has 0 aliphatic rings. The van der Waals surface area contributed by atoms with Crippen molar-refractivity contribution >= 4 is 12.1 Å². The predicted octanol–water partition coefficient (Wildman–Crippen LogP) is 0.730. The lowest BCUT2D eigenvalue weighted by atomic mass is 10.2. The number of hydrogen-bond acceptors (Lipinski definition) is 6. The van der Waals surface area contributed by atoms with E-state index in [-0.39, 0.29) is 12.1 Å². The van der Waals surface area contributed by atoms with Crippen LogP contribution in [-0.2, 0) is 17.8 Å². The van der Waals surface area contributed by atoms with Crippen molar-refractivity contribution in [1.82, 2.24) is 20.6 Å². The van der Waals surface area contributed by atoms with Crippen molar-refractivity contribution in [2.24, 2.45) is 5.10 Å². The number of carbonyl (C=O) groups is 1. The van der Waals surface area contributed by atoms with E-state index in [1.165, 1.54) is 6.21 Å². The van der Waals surface area contributed by atoms with Crippen molar-refractivity contribution in [2.75, 3.05) is 0 Å². The van der Waals surface area contributed by atoms with Gasteiger partial charge in [0.2, 0.25) is 5.91 Å². The summed E-state index contributed by atoms with van der Waals surface area (Å²) < 4.78 is 5.70. The summed E-state index contributed by atoms with van der Waals surface area (Å²) in [5.41, 5.74) is 2.58. The Morgan fingerprint density at radius 3 is 2.57 bits per heavy atom. The van der Waals surface area contributed by atoms with Gasteiger partial charge in [-0.15, -0.1) is 0 Å². The number of amides is 1. The van der Waals surface area contributed by atoms with E-state index < -0.39 is 17.2 Å². The third-order valence-electron chi connectivity index (χ3n) is 3.64. The number of ether oxygens (including phenoxy) is 1. The molecule has 0 saturated carbocycles. The summed E-state index contributed by atoms with van der Waals surface area (Å²) in [7, 11) is 0. The average Bonchev–Trinajstić information content (AvgIpc) is 2.70. The fraction of sp³-hybridized carbons (Fsp3) is 0.105. The minimum Gasteiger partial charge on any atom is -0.489 e. The molecule has 0 radical (unpaired) electrons. The van der Waals surface area contributed by atoms with Crippen molar-refractivity contribution < 1.29 is 9.53 Å². The van der Waals surface area contributed by atoms with Crippen LogP contribution < -0.4 is 21.4 Å². The number of hydrogen-bond donors (Lipinski definition) is 3. The second kappa shape index (κ2) is 9.08. The first-order chi connectivity index (χ1) is 13.6. The van der Waals surface area contributed by atoms with Crippen LogP contribution in [0.2, 0.25) is 0 Å². The zero-order chi connectivity index (χ0) is 19.8. The van der Waals surface area contributed by atoms with Gasteiger partial charge in [0.05, 0.1) is 12.6 Å². The summed E-state index contributed by atoms with van der Waals surface area (Å²) in [6.45, 7) is 0.474. The largest absolute Gasteiger partial charge is 0.489 e. The average molecular weight is 379 g/mol. The number of benzene rings is 2. The van der Waals surface area contributed by atoms with Crippen LogP contribution in [0, 0.1) is 0 Å². The minimum absolute atomic E-state index is 0.104. The molecule has 0 bridgehead atoms. The van der Waals surface area contributed by atoms with Crippen LogP contribution >= 0.6 is 0 Å². The van der Waals surface area contributed by atoms with Gasteiger partial charge in [-0.2, -0.15) is 10.2 Å². The fourth-order valence-electron chi connectivity index (χ4n) is 2.25. The van der Waals surface area contributed by atoms with Crippen LogP contribution in [0.15, 0.2) is 69.3 Å². The molecule has 0 atom stereocenters. The Labute approximate surface area is 159 Å². The van der Waals surface area contributed by atoms with Gasteiger partial charge in [-0.25, -0.2) is 15.3 Å². The van der Waals surface area contributed by atoms with Crippen LogP contribution in [0.3, 0.4) is 0 Å². The minimum atomic E-state index is -0.733. The van der Waals surface area contributed by atoms with Gasteiger partial charge in [-0.3, -0.25) is 14.6 Å². The molecule has 28 heavy (non-hydrogen) atoms. The quantitative estimate of drug-likeness (QED) is 0.412. The maximum absolute atomic E-state index is 11.8. The summed E-state index contributed by atoms with van der Waals surface area (Å²) >= 11 is 0. The molecule has 3 N–H and O–H groups in total. The number of H-pyrrole nitrogens is 2. The Morgan fingerprint density at radius 1 is 1.11 bits per heavy atom. The SMILES string of the molecule is O=C(Cc1n[nH]c(=O)[nH]c1=O)N/N=C/c1ccc(OCc2ccccc2)cc1. The highest BCUT2D eigenvalue weighted by atomic mass is 16.5. The lowest BCUT2D eigenvalue weighted by Crippen LogP contribution is -2.31. The fourth-order valence-corrected chi connectivity index (χ4v) is 2.25. The third-order valence-corrected chi connectivity index (χ3v) is 3.64. The lowest BCUT2D eigenvalue weighted by molar-refractivity contribution is -0.120. The van der Waals surface area contributed by atoms with Gasteiger partial charge in [0, 0.05) is 0 Å². The first-order valence-corrected chi connectivity index (χ1v) is 8.37. The van der Waals surface area contributed by atoms with Crippen molar-refractivity contribution in [1.29, 1.82) is 0 Å². The Hall–Kier alpha value is -4.01. The van der Waals surface area contributed by atoms with E-state index >= 15 is 0 Å². The van der Waals surface area contributed by atoms with E-state index in [2.05, 4.69) is 20.7 Å². The van der Waals surface area contributed by atoms with E-state index in [0.29, 0.717) is 12.4 Å². The summed E-state index contributed by atoms with van der Waals surface area (Å²) in [4.78, 5) is 36.1. The Bertz CT molecular complexity index is 1070. The first kappa shape index (κ1) is 18.8. The molecule has 3 aromatic rings. The van der Waals surface area contributed by atoms with Crippen molar-refractivity contribution in [3.05, 3.63) is 92.3 Å². The van der Waals surface area contributed by atoms with Crippen LogP contribution in [-0.4, -0.2) is 27.3 Å². The van der Waals surface area contributed by atoms with E-state index in [9.17, 15) is 14.4 Å². The number of aromatic amines is 2. The molecular weight excluding hydrogens is 362 g/mol. The highest BCUT2D eigenvalue weighted by Crippen LogP contribution is 2.13. The monoisotopic (exact) mass is 379 g/mol. The normalized spacial score (nSPS) is 10.7. The highest BCUT2D eigenvalue weighted by molar-refractivity contribution is 5.83. The van der Waals surface area contributed by atoms with Gasteiger partial charge < -0.3 is 4.74 Å². The molecule has 0 aliphatic heterocycles. The Balaban J connectivity index is 1.49. The van der Waals surface area contributed by atoms with Crippen LogP contribution in [0.5, 0.6) is 5.75 Å².